The van der Waals surface area contributed by atoms with Gasteiger partial charge in [0.1, 0.15) is 4.90 Å². The van der Waals surface area contributed by atoms with Gasteiger partial charge < -0.3 is 15.5 Å². The maximum absolute atomic E-state index is 13.1. The van der Waals surface area contributed by atoms with Crippen LogP contribution in [-0.2, 0) is 16.4 Å². The maximum atomic E-state index is 13.1. The number of para-hydroxylation sites is 1. The van der Waals surface area contributed by atoms with Crippen molar-refractivity contribution >= 4 is 9.84 Å². The molecule has 1 heterocycles. The van der Waals surface area contributed by atoms with Crippen molar-refractivity contribution in [3.8, 4) is 11.5 Å². The number of hydrogen-bond donors (Lipinski definition) is 3. The average molecular weight is 376 g/mol. The third kappa shape index (κ3) is 4.17. The van der Waals surface area contributed by atoms with Gasteiger partial charge in [0.25, 0.3) is 0 Å². The van der Waals surface area contributed by atoms with Gasteiger partial charge in [-0.3, -0.25) is 4.90 Å². The largest absolute Gasteiger partial charge is 0.504 e. The highest BCUT2D eigenvalue weighted by atomic mass is 32.2. The molecule has 0 spiro atoms. The molecular weight excluding hydrogens is 352 g/mol. The predicted molar refractivity (Wildman–Crippen MR) is 100.0 cm³/mol. The van der Waals surface area contributed by atoms with Crippen LogP contribution in [0.4, 0.5) is 0 Å². The van der Waals surface area contributed by atoms with Crippen LogP contribution in [0.25, 0.3) is 0 Å². The molecule has 3 rings (SSSR count). The standard InChI is InChI=1S/C19H24N2O4S/c22-17-8-4-9-18(19(17)23)26(24,25)16-12-20-10-5-11-21(14-16)13-15-6-2-1-3-7-15/h1-4,6-9,16,20,22-23H,5,10-14H2. The van der Waals surface area contributed by atoms with E-state index in [2.05, 4.69) is 10.2 Å². The van der Waals surface area contributed by atoms with Gasteiger partial charge in [-0.2, -0.15) is 0 Å². The van der Waals surface area contributed by atoms with Crippen LogP contribution in [0.5, 0.6) is 11.5 Å². The van der Waals surface area contributed by atoms with Gasteiger partial charge >= 0.3 is 0 Å². The van der Waals surface area contributed by atoms with Crippen molar-refractivity contribution in [2.75, 3.05) is 26.2 Å². The van der Waals surface area contributed by atoms with Crippen molar-refractivity contribution in [2.24, 2.45) is 0 Å². The van der Waals surface area contributed by atoms with E-state index in [4.69, 9.17) is 0 Å². The summed E-state index contributed by atoms with van der Waals surface area (Å²) in [7, 11) is -3.79. The van der Waals surface area contributed by atoms with Crippen LogP contribution < -0.4 is 5.32 Å². The fourth-order valence-corrected chi connectivity index (χ4v) is 4.99. The molecule has 26 heavy (non-hydrogen) atoms. The van der Waals surface area contributed by atoms with E-state index in [1.807, 2.05) is 30.3 Å². The number of nitrogens with zero attached hydrogens (tertiary/aromatic N) is 1. The number of benzene rings is 2. The summed E-state index contributed by atoms with van der Waals surface area (Å²) >= 11 is 0. The molecule has 1 unspecified atom stereocenters. The fraction of sp³-hybridized carbons (Fsp3) is 0.368. The minimum atomic E-state index is -3.79. The molecule has 1 aliphatic heterocycles. The number of nitrogens with one attached hydrogen (secondary N) is 1. The van der Waals surface area contributed by atoms with Crippen molar-refractivity contribution < 1.29 is 18.6 Å². The van der Waals surface area contributed by atoms with Crippen molar-refractivity contribution in [1.29, 1.82) is 0 Å². The Morgan fingerprint density at radius 3 is 2.62 bits per heavy atom. The zero-order valence-corrected chi connectivity index (χ0v) is 15.3. The Morgan fingerprint density at radius 2 is 1.85 bits per heavy atom. The van der Waals surface area contributed by atoms with Crippen LogP contribution in [0.15, 0.2) is 53.4 Å². The Morgan fingerprint density at radius 1 is 1.08 bits per heavy atom. The Hall–Kier alpha value is -2.09. The molecule has 1 fully saturated rings. The smallest absolute Gasteiger partial charge is 0.187 e. The van der Waals surface area contributed by atoms with Gasteiger partial charge in [-0.15, -0.1) is 0 Å². The van der Waals surface area contributed by atoms with E-state index in [1.54, 1.807) is 0 Å². The number of aromatic hydroxyl groups is 2. The summed E-state index contributed by atoms with van der Waals surface area (Å²) in [4.78, 5) is 1.92. The molecule has 2 aromatic rings. The van der Waals surface area contributed by atoms with Gasteiger partial charge in [0.15, 0.2) is 21.3 Å². The molecule has 140 valence electrons. The van der Waals surface area contributed by atoms with Crippen LogP contribution in [0, 0.1) is 0 Å². The first-order valence-electron chi connectivity index (χ1n) is 8.70. The first kappa shape index (κ1) is 18.7. The van der Waals surface area contributed by atoms with Crippen LogP contribution in [0.2, 0.25) is 0 Å². The average Bonchev–Trinajstić information content (AvgIpc) is 2.60. The first-order chi connectivity index (χ1) is 12.5. The first-order valence-corrected chi connectivity index (χ1v) is 10.2. The minimum absolute atomic E-state index is 0.218. The van der Waals surface area contributed by atoms with Gasteiger partial charge in [-0.05, 0) is 37.2 Å². The molecule has 3 N–H and O–H groups in total. The summed E-state index contributed by atoms with van der Waals surface area (Å²) in [5.41, 5.74) is 1.14. The lowest BCUT2D eigenvalue weighted by Gasteiger charge is -2.30. The molecule has 0 aromatic heterocycles. The molecule has 2 aromatic carbocycles. The van der Waals surface area contributed by atoms with Crippen LogP contribution >= 0.6 is 0 Å². The molecular formula is C19H24N2O4S. The number of sulfone groups is 1. The molecule has 1 saturated heterocycles. The van der Waals surface area contributed by atoms with E-state index >= 15 is 0 Å². The van der Waals surface area contributed by atoms with Crippen molar-refractivity contribution in [3.63, 3.8) is 0 Å². The lowest BCUT2D eigenvalue weighted by molar-refractivity contribution is 0.245. The summed E-state index contributed by atoms with van der Waals surface area (Å²) in [6.07, 6.45) is 0.941. The summed E-state index contributed by atoms with van der Waals surface area (Å²) < 4.78 is 26.2. The Labute approximate surface area is 154 Å². The summed E-state index contributed by atoms with van der Waals surface area (Å²) in [5, 5.41) is 22.2. The van der Waals surface area contributed by atoms with E-state index in [0.717, 1.165) is 25.1 Å². The second-order valence-corrected chi connectivity index (χ2v) is 8.77. The lowest BCUT2D eigenvalue weighted by Crippen LogP contribution is -2.46. The molecule has 0 bridgehead atoms. The highest BCUT2D eigenvalue weighted by Crippen LogP contribution is 2.34. The second-order valence-electron chi connectivity index (χ2n) is 6.57. The topological polar surface area (TPSA) is 89.9 Å². The molecule has 1 aliphatic rings. The number of phenols is 2. The van der Waals surface area contributed by atoms with Gasteiger partial charge in [0, 0.05) is 19.6 Å². The van der Waals surface area contributed by atoms with Crippen LogP contribution in [-0.4, -0.2) is 55.0 Å². The third-order valence-electron chi connectivity index (χ3n) is 4.63. The van der Waals surface area contributed by atoms with E-state index < -0.39 is 26.6 Å². The van der Waals surface area contributed by atoms with Gasteiger partial charge in [0.2, 0.25) is 0 Å². The number of phenolic OH excluding ortho intramolecular Hbond substituents is 2. The quantitative estimate of drug-likeness (QED) is 0.704. The van der Waals surface area contributed by atoms with Crippen LogP contribution in [0.1, 0.15) is 12.0 Å². The van der Waals surface area contributed by atoms with Crippen molar-refractivity contribution in [1.82, 2.24) is 10.2 Å². The zero-order valence-electron chi connectivity index (χ0n) is 14.5. The van der Waals surface area contributed by atoms with Crippen molar-refractivity contribution in [3.05, 3.63) is 54.1 Å². The lowest BCUT2D eigenvalue weighted by atomic mass is 10.2. The molecule has 0 saturated carbocycles. The Balaban J connectivity index is 1.85. The SMILES string of the molecule is O=S(=O)(c1cccc(O)c1O)C1CNCCCN(Cc2ccccc2)C1. The summed E-state index contributed by atoms with van der Waals surface area (Å²) in [6.45, 7) is 2.88. The van der Waals surface area contributed by atoms with Gasteiger partial charge in [-0.1, -0.05) is 36.4 Å². The Kier molecular flexibility index (Phi) is 5.80. The highest BCUT2D eigenvalue weighted by Gasteiger charge is 2.32. The summed E-state index contributed by atoms with van der Waals surface area (Å²) in [5.74, 6) is -1.00. The summed E-state index contributed by atoms with van der Waals surface area (Å²) in [6, 6.07) is 14.0. The molecule has 0 amide bonds. The number of rotatable bonds is 4. The normalized spacial score (nSPS) is 19.6. The van der Waals surface area contributed by atoms with Gasteiger partial charge in [-0.25, -0.2) is 8.42 Å². The predicted octanol–water partition coefficient (Wildman–Crippen LogP) is 1.74. The highest BCUT2D eigenvalue weighted by molar-refractivity contribution is 7.92. The fourth-order valence-electron chi connectivity index (χ4n) is 3.25. The van der Waals surface area contributed by atoms with E-state index in [0.29, 0.717) is 19.6 Å². The van der Waals surface area contributed by atoms with E-state index in [1.165, 1.54) is 18.2 Å². The zero-order chi connectivity index (χ0) is 18.6. The molecule has 6 nitrogen and oxygen atoms in total. The Bertz CT molecular complexity index is 840. The minimum Gasteiger partial charge on any atom is -0.504 e. The molecule has 7 heteroatoms. The van der Waals surface area contributed by atoms with Gasteiger partial charge in [0.05, 0.1) is 5.25 Å². The number of hydrogen-bond acceptors (Lipinski definition) is 6. The second kappa shape index (κ2) is 8.07. The molecule has 0 radical (unpaired) electrons. The molecule has 0 aliphatic carbocycles. The molecule has 1 atom stereocenters. The third-order valence-corrected chi connectivity index (χ3v) is 6.77. The van der Waals surface area contributed by atoms with E-state index in [-0.39, 0.29) is 4.90 Å². The van der Waals surface area contributed by atoms with E-state index in [9.17, 15) is 18.6 Å². The van der Waals surface area contributed by atoms with Crippen molar-refractivity contribution in [2.45, 2.75) is 23.1 Å². The maximum Gasteiger partial charge on any atom is 0.187 e. The monoisotopic (exact) mass is 376 g/mol. The van der Waals surface area contributed by atoms with Crippen LogP contribution in [0.3, 0.4) is 0 Å².